The van der Waals surface area contributed by atoms with Crippen molar-refractivity contribution in [1.29, 1.82) is 0 Å². The molecule has 0 heterocycles. The van der Waals surface area contributed by atoms with E-state index in [0.29, 0.717) is 5.57 Å². The van der Waals surface area contributed by atoms with Gasteiger partial charge in [0, 0.05) is 32.6 Å². The Balaban J connectivity index is 2.12. The molecule has 3 aliphatic carbocycles. The van der Waals surface area contributed by atoms with Crippen LogP contribution in [0.3, 0.4) is 0 Å². The van der Waals surface area contributed by atoms with E-state index in [-0.39, 0.29) is 17.6 Å². The van der Waals surface area contributed by atoms with E-state index in [2.05, 4.69) is 0 Å². The number of ether oxygens (including phenoxy) is 4. The fraction of sp³-hybridized carbons (Fsp3) is 0.545. The van der Waals surface area contributed by atoms with Crippen molar-refractivity contribution < 1.29 is 58.2 Å². The average molecular weight is 629 g/mol. The monoisotopic (exact) mass is 628 g/mol. The number of aliphatic hydroxyl groups excluding tert-OH is 1. The largest absolute Gasteiger partial charge is 0.462 e. The van der Waals surface area contributed by atoms with E-state index in [1.165, 1.54) is 26.0 Å². The highest BCUT2D eigenvalue weighted by atomic mass is 16.6. The predicted octanol–water partition coefficient (Wildman–Crippen LogP) is 1.98. The summed E-state index contributed by atoms with van der Waals surface area (Å²) >= 11 is 0. The number of carbonyl (C=O) groups is 5. The molecule has 1 aromatic rings. The van der Waals surface area contributed by atoms with Gasteiger partial charge in [-0.2, -0.15) is 0 Å². The van der Waals surface area contributed by atoms with Crippen LogP contribution < -0.4 is 0 Å². The zero-order valence-electron chi connectivity index (χ0n) is 26.4. The van der Waals surface area contributed by atoms with Crippen LogP contribution in [-0.2, 0) is 38.1 Å². The van der Waals surface area contributed by atoms with Gasteiger partial charge in [0.25, 0.3) is 0 Å². The summed E-state index contributed by atoms with van der Waals surface area (Å²) in [4.78, 5) is 64.4. The van der Waals surface area contributed by atoms with Crippen LogP contribution >= 0.6 is 0 Å². The first-order chi connectivity index (χ1) is 20.8. The normalized spacial score (nSPS) is 35.3. The molecule has 0 spiro atoms. The SMILES string of the molecule is CC(=O)OC[C@]1(O)C=CC(=O)[C@@]2(C)C(O)[C@H](OC(C)=O)C3=C(C)[C@@H](OC(C)=O)C[C@@](O)([C@@H](OC(=O)c4ccccc4)[C@H]12)C3(C)C. The van der Waals surface area contributed by atoms with Crippen LogP contribution in [0.1, 0.15) is 65.2 Å². The van der Waals surface area contributed by atoms with Crippen LogP contribution in [0.15, 0.2) is 53.6 Å². The van der Waals surface area contributed by atoms with E-state index >= 15 is 0 Å². The zero-order chi connectivity index (χ0) is 33.7. The Kier molecular flexibility index (Phi) is 8.93. The van der Waals surface area contributed by atoms with E-state index in [0.717, 1.165) is 26.0 Å². The first-order valence-electron chi connectivity index (χ1n) is 14.6. The molecule has 3 aliphatic rings. The minimum atomic E-state index is -2.31. The Morgan fingerprint density at radius 2 is 1.51 bits per heavy atom. The maximum Gasteiger partial charge on any atom is 0.338 e. The topological polar surface area (TPSA) is 183 Å². The zero-order valence-corrected chi connectivity index (χ0v) is 26.4. The summed E-state index contributed by atoms with van der Waals surface area (Å²) in [5.74, 6) is -5.66. The van der Waals surface area contributed by atoms with Gasteiger partial charge in [-0.05, 0) is 49.3 Å². The number of aliphatic hydroxyl groups is 3. The van der Waals surface area contributed by atoms with Gasteiger partial charge in [-0.25, -0.2) is 4.79 Å². The number of benzene rings is 1. The predicted molar refractivity (Wildman–Crippen MR) is 156 cm³/mol. The molecule has 1 aromatic carbocycles. The number of esters is 4. The number of allylic oxidation sites excluding steroid dienone is 1. The van der Waals surface area contributed by atoms with Crippen molar-refractivity contribution in [2.45, 2.75) is 90.5 Å². The Morgan fingerprint density at radius 3 is 2.07 bits per heavy atom. The fourth-order valence-electron chi connectivity index (χ4n) is 7.38. The van der Waals surface area contributed by atoms with E-state index in [9.17, 15) is 39.3 Å². The van der Waals surface area contributed by atoms with Gasteiger partial charge >= 0.3 is 23.9 Å². The van der Waals surface area contributed by atoms with Gasteiger partial charge in [0.1, 0.15) is 36.1 Å². The van der Waals surface area contributed by atoms with Crippen molar-refractivity contribution in [3.8, 4) is 0 Å². The van der Waals surface area contributed by atoms with Crippen molar-refractivity contribution in [1.82, 2.24) is 0 Å². The molecule has 0 aromatic heterocycles. The van der Waals surface area contributed by atoms with Gasteiger partial charge in [-0.3, -0.25) is 19.2 Å². The first-order valence-corrected chi connectivity index (χ1v) is 14.6. The number of ketones is 1. The molecule has 1 unspecified atom stereocenters. The lowest BCUT2D eigenvalue weighted by atomic mass is 9.46. The third-order valence-electron chi connectivity index (χ3n) is 9.71. The van der Waals surface area contributed by atoms with Crippen molar-refractivity contribution in [3.63, 3.8) is 0 Å². The molecule has 2 bridgehead atoms. The van der Waals surface area contributed by atoms with Crippen molar-refractivity contribution in [2.75, 3.05) is 6.61 Å². The molecular formula is C33H40O12. The minimum Gasteiger partial charge on any atom is -0.462 e. The van der Waals surface area contributed by atoms with Crippen molar-refractivity contribution in [3.05, 3.63) is 59.2 Å². The lowest BCUT2D eigenvalue weighted by Crippen LogP contribution is -2.75. The van der Waals surface area contributed by atoms with Gasteiger partial charge in [0.05, 0.1) is 16.9 Å². The van der Waals surface area contributed by atoms with Gasteiger partial charge < -0.3 is 34.3 Å². The first kappa shape index (κ1) is 34.0. The summed E-state index contributed by atoms with van der Waals surface area (Å²) in [6, 6.07) is 7.81. The highest BCUT2D eigenvalue weighted by Crippen LogP contribution is 2.61. The maximum atomic E-state index is 13.9. The van der Waals surface area contributed by atoms with Crippen LogP contribution in [0.2, 0.25) is 0 Å². The summed E-state index contributed by atoms with van der Waals surface area (Å²) in [5.41, 5.74) is -7.62. The van der Waals surface area contributed by atoms with E-state index in [1.54, 1.807) is 39.0 Å². The highest BCUT2D eigenvalue weighted by Gasteiger charge is 2.72. The van der Waals surface area contributed by atoms with Crippen LogP contribution in [0.4, 0.5) is 0 Å². The van der Waals surface area contributed by atoms with E-state index in [1.807, 2.05) is 0 Å². The van der Waals surface area contributed by atoms with Gasteiger partial charge in [-0.15, -0.1) is 0 Å². The molecule has 3 N–H and O–H groups in total. The third kappa shape index (κ3) is 5.59. The molecule has 0 aliphatic heterocycles. The lowest BCUT2D eigenvalue weighted by Gasteiger charge is -2.62. The van der Waals surface area contributed by atoms with Crippen molar-refractivity contribution >= 4 is 29.7 Å². The minimum absolute atomic E-state index is 0.0847. The second-order valence-corrected chi connectivity index (χ2v) is 12.8. The Hall–Kier alpha value is -3.87. The molecular weight excluding hydrogens is 588 g/mol. The Morgan fingerprint density at radius 1 is 0.911 bits per heavy atom. The molecule has 12 heteroatoms. The smallest absolute Gasteiger partial charge is 0.338 e. The van der Waals surface area contributed by atoms with Crippen LogP contribution in [0.5, 0.6) is 0 Å². The molecule has 1 fully saturated rings. The maximum absolute atomic E-state index is 13.9. The summed E-state index contributed by atoms with van der Waals surface area (Å²) in [6.45, 7) is 8.70. The lowest BCUT2D eigenvalue weighted by molar-refractivity contribution is -0.253. The van der Waals surface area contributed by atoms with E-state index < -0.39 is 88.6 Å². The second-order valence-electron chi connectivity index (χ2n) is 12.8. The second kappa shape index (κ2) is 11.8. The molecule has 12 nitrogen and oxygen atoms in total. The molecule has 45 heavy (non-hydrogen) atoms. The molecule has 4 rings (SSSR count). The van der Waals surface area contributed by atoms with Crippen LogP contribution in [0.25, 0.3) is 0 Å². The van der Waals surface area contributed by atoms with Gasteiger partial charge in [0.15, 0.2) is 11.9 Å². The quantitative estimate of drug-likeness (QED) is 0.237. The number of rotatable bonds is 6. The Bertz CT molecular complexity index is 1460. The fourth-order valence-corrected chi connectivity index (χ4v) is 7.38. The number of carbonyl (C=O) groups excluding carboxylic acids is 5. The summed E-state index contributed by atoms with van der Waals surface area (Å²) in [5, 5.41) is 37.5. The molecule has 1 saturated carbocycles. The molecule has 244 valence electrons. The average Bonchev–Trinajstić information content (AvgIpc) is 2.95. The van der Waals surface area contributed by atoms with Crippen LogP contribution in [-0.4, -0.2) is 87.2 Å². The summed E-state index contributed by atoms with van der Waals surface area (Å²) in [7, 11) is 0. The standard InChI is InChI=1S/C33H40O12/c1-17-22(43-19(3)35)15-33(41)28(45-29(39)21-11-9-8-10-12-21)26-31(7,23(37)13-14-32(26,40)16-42-18(2)34)27(38)25(44-20(4)36)24(17)30(33,5)6/h8-14,22,25-28,38,40-41H,15-16H2,1-7H3/t22-,25+,26-,27?,28-,31+,32+,33+/m0/s1. The Labute approximate surface area is 261 Å². The molecule has 0 amide bonds. The highest BCUT2D eigenvalue weighted by molar-refractivity contribution is 5.97. The molecule has 0 radical (unpaired) electrons. The number of hydrogen-bond acceptors (Lipinski definition) is 12. The number of hydrogen-bond donors (Lipinski definition) is 3. The van der Waals surface area contributed by atoms with E-state index in [4.69, 9.17) is 18.9 Å². The molecule has 0 saturated heterocycles. The van der Waals surface area contributed by atoms with Crippen LogP contribution in [0, 0.1) is 16.7 Å². The number of fused-ring (bicyclic) bond motifs is 3. The van der Waals surface area contributed by atoms with Gasteiger partial charge in [0.2, 0.25) is 0 Å². The molecule has 8 atom stereocenters. The third-order valence-corrected chi connectivity index (χ3v) is 9.71. The summed E-state index contributed by atoms with van der Waals surface area (Å²) < 4.78 is 22.6. The van der Waals surface area contributed by atoms with Crippen molar-refractivity contribution in [2.24, 2.45) is 16.7 Å². The summed E-state index contributed by atoms with van der Waals surface area (Å²) in [6.07, 6.45) is -4.75. The van der Waals surface area contributed by atoms with Gasteiger partial charge in [-0.1, -0.05) is 32.0 Å².